The van der Waals surface area contributed by atoms with Crippen molar-refractivity contribution in [2.45, 2.75) is 38.0 Å². The van der Waals surface area contributed by atoms with E-state index in [4.69, 9.17) is 20.1 Å². The van der Waals surface area contributed by atoms with E-state index in [1.54, 1.807) is 13.2 Å². The topological polar surface area (TPSA) is 171 Å². The van der Waals surface area contributed by atoms with Gasteiger partial charge in [-0.1, -0.05) is 6.07 Å². The summed E-state index contributed by atoms with van der Waals surface area (Å²) in [6, 6.07) is 9.71. The van der Waals surface area contributed by atoms with Crippen LogP contribution in [0.3, 0.4) is 0 Å². The molecule has 11 nitrogen and oxygen atoms in total. The van der Waals surface area contributed by atoms with Crippen LogP contribution in [0.4, 0.5) is 0 Å². The first-order chi connectivity index (χ1) is 16.2. The molecule has 1 unspecified atom stereocenters. The minimum absolute atomic E-state index is 0.0321. The average molecular weight is 557 g/mol. The number of hydrogen-bond acceptors (Lipinski definition) is 7. The molecular formula is C23H29BrN2O9. The lowest BCUT2D eigenvalue weighted by Gasteiger charge is -2.25. The summed E-state index contributed by atoms with van der Waals surface area (Å²) in [5.41, 5.74) is -1.61. The van der Waals surface area contributed by atoms with Gasteiger partial charge in [-0.2, -0.15) is 0 Å². The molecule has 0 radical (unpaired) electrons. The Hall–Kier alpha value is -3.22. The van der Waals surface area contributed by atoms with Crippen molar-refractivity contribution < 1.29 is 49.2 Å². The number of nitrogens with zero attached hydrogens (tertiary/aromatic N) is 1. The van der Waals surface area contributed by atoms with E-state index in [2.05, 4.69) is 36.9 Å². The van der Waals surface area contributed by atoms with Gasteiger partial charge in [0, 0.05) is 10.7 Å². The van der Waals surface area contributed by atoms with Crippen LogP contribution in [0.25, 0.3) is 0 Å². The van der Waals surface area contributed by atoms with Crippen LogP contribution in [0.5, 0.6) is 5.75 Å². The molecule has 1 heterocycles. The zero-order chi connectivity index (χ0) is 26.9. The molecule has 192 valence electrons. The number of ether oxygens (including phenoxy) is 1. The van der Waals surface area contributed by atoms with E-state index in [-0.39, 0.29) is 5.78 Å². The lowest BCUT2D eigenvalue weighted by Crippen LogP contribution is -3.10. The molecule has 1 aromatic heterocycles. The number of carboxylic acid groups (broad SMARTS) is 3. The van der Waals surface area contributed by atoms with Crippen molar-refractivity contribution in [1.82, 2.24) is 4.57 Å². The van der Waals surface area contributed by atoms with Gasteiger partial charge in [0.1, 0.15) is 17.4 Å². The Morgan fingerprint density at radius 3 is 2.14 bits per heavy atom. The van der Waals surface area contributed by atoms with Gasteiger partial charge >= 0.3 is 11.9 Å². The fourth-order valence-corrected chi connectivity index (χ4v) is 3.52. The number of aliphatic hydroxyl groups is 1. The minimum Gasteiger partial charge on any atom is -0.547 e. The van der Waals surface area contributed by atoms with Gasteiger partial charge in [-0.3, -0.25) is 14.4 Å². The second kappa shape index (κ2) is 13.0. The van der Waals surface area contributed by atoms with Crippen LogP contribution in [0.1, 0.15) is 35.8 Å². The molecule has 0 aliphatic rings. The van der Waals surface area contributed by atoms with Crippen LogP contribution in [0.2, 0.25) is 0 Å². The fourth-order valence-electron chi connectivity index (χ4n) is 2.99. The molecule has 2 aromatic rings. The summed E-state index contributed by atoms with van der Waals surface area (Å²) in [4.78, 5) is 44.6. The zero-order valence-electron chi connectivity index (χ0n) is 19.8. The number of methoxy groups -OCH3 is 1. The van der Waals surface area contributed by atoms with Crippen LogP contribution in [-0.4, -0.2) is 76.4 Å². The average Bonchev–Trinajstić information content (AvgIpc) is 3.20. The predicted octanol–water partition coefficient (Wildman–Crippen LogP) is -0.560. The summed E-state index contributed by atoms with van der Waals surface area (Å²) in [5, 5.41) is 35.5. The van der Waals surface area contributed by atoms with E-state index in [1.807, 2.05) is 35.0 Å². The third-order valence-electron chi connectivity index (χ3n) is 5.21. The highest BCUT2D eigenvalue weighted by molar-refractivity contribution is 9.10. The number of hydrogen-bond donors (Lipinski definition) is 4. The number of benzene rings is 1. The maximum absolute atomic E-state index is 12.9. The Kier molecular flexibility index (Phi) is 11.1. The Bertz CT molecular complexity index is 1050. The number of rotatable bonds is 11. The molecule has 4 N–H and O–H groups in total. The van der Waals surface area contributed by atoms with Crippen LogP contribution >= 0.6 is 15.9 Å². The van der Waals surface area contributed by atoms with Gasteiger partial charge in [-0.15, -0.1) is 0 Å². The van der Waals surface area contributed by atoms with Crippen LogP contribution in [-0.2, 0) is 20.9 Å². The van der Waals surface area contributed by atoms with E-state index >= 15 is 0 Å². The van der Waals surface area contributed by atoms with E-state index in [0.29, 0.717) is 23.0 Å². The summed E-state index contributed by atoms with van der Waals surface area (Å²) in [6.07, 6.45) is -0.459. The van der Waals surface area contributed by atoms with Crippen LogP contribution in [0, 0.1) is 0 Å². The predicted molar refractivity (Wildman–Crippen MR) is 125 cm³/mol. The first-order valence-electron chi connectivity index (χ1n) is 10.4. The Morgan fingerprint density at radius 1 is 1.11 bits per heavy atom. The summed E-state index contributed by atoms with van der Waals surface area (Å²) in [5.74, 6) is -4.80. The van der Waals surface area contributed by atoms with Crippen molar-refractivity contribution in [3.05, 3.63) is 52.3 Å². The number of halogens is 1. The highest BCUT2D eigenvalue weighted by atomic mass is 79.9. The van der Waals surface area contributed by atoms with Crippen molar-refractivity contribution in [2.75, 3.05) is 21.2 Å². The molecule has 0 spiro atoms. The molecule has 0 bridgehead atoms. The Balaban J connectivity index is 0.000000405. The maximum atomic E-state index is 12.9. The van der Waals surface area contributed by atoms with Gasteiger partial charge in [-0.05, 0) is 47.1 Å². The lowest BCUT2D eigenvalue weighted by molar-refractivity contribution is -0.884. The molecule has 12 heteroatoms. The number of quaternary nitrogens is 1. The van der Waals surface area contributed by atoms with Crippen molar-refractivity contribution in [1.29, 1.82) is 0 Å². The number of nitrogens with one attached hydrogen (secondary N) is 1. The second-order valence-electron chi connectivity index (χ2n) is 8.13. The molecule has 0 aliphatic carbocycles. The van der Waals surface area contributed by atoms with Crippen LogP contribution in [0.15, 0.2) is 41.0 Å². The van der Waals surface area contributed by atoms with Gasteiger partial charge in [-0.25, -0.2) is 0 Å². The van der Waals surface area contributed by atoms with Crippen molar-refractivity contribution in [3.63, 3.8) is 0 Å². The molecule has 1 atom stereocenters. The highest BCUT2D eigenvalue weighted by Gasteiger charge is 2.34. The quantitative estimate of drug-likeness (QED) is 0.265. The number of carbonyl (C=O) groups is 4. The fraction of sp³-hybridized carbons (Fsp3) is 0.391. The first-order valence-corrected chi connectivity index (χ1v) is 11.2. The highest BCUT2D eigenvalue weighted by Crippen LogP contribution is 2.29. The van der Waals surface area contributed by atoms with E-state index < -0.39 is 36.4 Å². The third-order valence-corrected chi connectivity index (χ3v) is 5.87. The summed E-state index contributed by atoms with van der Waals surface area (Å²) in [7, 11) is 5.81. The molecule has 0 fully saturated rings. The van der Waals surface area contributed by atoms with E-state index in [1.165, 1.54) is 4.90 Å². The van der Waals surface area contributed by atoms with Gasteiger partial charge in [0.05, 0.1) is 57.8 Å². The third kappa shape index (κ3) is 8.50. The number of aromatic nitrogens is 1. The van der Waals surface area contributed by atoms with Gasteiger partial charge < -0.3 is 39.4 Å². The molecule has 2 rings (SSSR count). The van der Waals surface area contributed by atoms with Crippen LogP contribution < -0.4 is 14.7 Å². The lowest BCUT2D eigenvalue weighted by atomic mass is 9.96. The Labute approximate surface area is 210 Å². The molecule has 0 aliphatic heterocycles. The number of carbonyl (C=O) groups excluding carboxylic acids is 2. The largest absolute Gasteiger partial charge is 0.547 e. The number of likely N-dealkylation sites (N-methyl/N-ethyl adjacent to an activating group) is 1. The maximum Gasteiger partial charge on any atom is 0.306 e. The van der Waals surface area contributed by atoms with Gasteiger partial charge in [0.2, 0.25) is 5.78 Å². The van der Waals surface area contributed by atoms with Crippen molar-refractivity contribution in [2.24, 2.45) is 0 Å². The second-order valence-corrected chi connectivity index (χ2v) is 8.98. The summed E-state index contributed by atoms with van der Waals surface area (Å²) >= 11 is 3.46. The first kappa shape index (κ1) is 29.8. The molecule has 1 aromatic carbocycles. The smallest absolute Gasteiger partial charge is 0.306 e. The Morgan fingerprint density at radius 2 is 1.69 bits per heavy atom. The number of ketones is 1. The van der Waals surface area contributed by atoms with E-state index in [9.17, 15) is 24.3 Å². The molecule has 0 amide bonds. The molecule has 35 heavy (non-hydrogen) atoms. The molecule has 0 saturated carbocycles. The van der Waals surface area contributed by atoms with Gasteiger partial charge in [0.25, 0.3) is 0 Å². The van der Waals surface area contributed by atoms with Gasteiger partial charge in [0.15, 0.2) is 0 Å². The summed E-state index contributed by atoms with van der Waals surface area (Å²) in [6.45, 7) is 2.96. The zero-order valence-corrected chi connectivity index (χ0v) is 21.4. The van der Waals surface area contributed by atoms with E-state index in [0.717, 1.165) is 11.0 Å². The normalized spacial score (nSPS) is 11.9. The standard InChI is InChI=1S/C17H21BrN2O2.C6H8O7/c1-12(19(2)3)11-20-10-6-8-14(20)17(21)16-13(18)7-5-9-15(16)22-4;7-3(8)1-6(13,5(11)12)2-4(9)10/h5-10,12H,11H2,1-4H3;13H,1-2H2,(H,7,8)(H,9,10)(H,11,12). The monoisotopic (exact) mass is 556 g/mol. The number of aliphatic carboxylic acids is 3. The van der Waals surface area contributed by atoms with Crippen molar-refractivity contribution in [3.8, 4) is 5.75 Å². The molecular weight excluding hydrogens is 528 g/mol. The molecule has 0 saturated heterocycles. The minimum atomic E-state index is -2.85. The van der Waals surface area contributed by atoms with Crippen molar-refractivity contribution >= 4 is 39.6 Å². The summed E-state index contributed by atoms with van der Waals surface area (Å²) < 4.78 is 8.10. The SMILES string of the molecule is COc1cccc(Br)c1C(=O)c1cccn1CC(C)[NH+](C)C.O=C(O)CC(O)(CC(=O)O)C(=O)[O-]. The number of carboxylic acids is 3.